The Labute approximate surface area is 244 Å². The Morgan fingerprint density at radius 1 is 0.756 bits per heavy atom. The fourth-order valence-electron chi connectivity index (χ4n) is 3.52. The number of carbonyl (C=O) groups is 3. The highest BCUT2D eigenvalue weighted by Crippen LogP contribution is 2.38. The molecule has 0 aliphatic heterocycles. The van der Waals surface area contributed by atoms with Crippen molar-refractivity contribution in [2.75, 3.05) is 42.1 Å². The number of ether oxygens (including phenoxy) is 6. The smallest absolute Gasteiger partial charge is 0.343 e. The number of nitrogens with zero attached hydrogens (tertiary/aromatic N) is 1. The van der Waals surface area contributed by atoms with E-state index in [9.17, 15) is 14.4 Å². The van der Waals surface area contributed by atoms with Crippen molar-refractivity contribution >= 4 is 39.9 Å². The van der Waals surface area contributed by atoms with E-state index in [4.69, 9.17) is 28.4 Å². The molecule has 0 heterocycles. The lowest BCUT2D eigenvalue weighted by Gasteiger charge is -2.14. The highest BCUT2D eigenvalue weighted by Gasteiger charge is 2.18. The van der Waals surface area contributed by atoms with E-state index in [2.05, 4.69) is 31.8 Å². The lowest BCUT2D eigenvalue weighted by atomic mass is 10.1. The van der Waals surface area contributed by atoms with Crippen LogP contribution >= 0.6 is 15.9 Å². The SMILES string of the molecule is COc1ccc(C(=O)Oc2ccc(Br)cc2/C=N\NC(=O)CNC(=O)c2cc(OC)c(OC)c(OC)c2)cc1OC. The number of benzene rings is 3. The van der Waals surface area contributed by atoms with Crippen LogP contribution in [0.3, 0.4) is 0 Å². The molecule has 2 amide bonds. The van der Waals surface area contributed by atoms with Gasteiger partial charge in [-0.1, -0.05) is 15.9 Å². The zero-order valence-corrected chi connectivity index (χ0v) is 24.5. The Bertz CT molecular complexity index is 1430. The van der Waals surface area contributed by atoms with Crippen LogP contribution in [-0.4, -0.2) is 66.1 Å². The van der Waals surface area contributed by atoms with Gasteiger partial charge in [-0.25, -0.2) is 10.2 Å². The molecule has 0 radical (unpaired) electrons. The van der Waals surface area contributed by atoms with Crippen molar-refractivity contribution in [3.8, 4) is 34.5 Å². The van der Waals surface area contributed by atoms with Crippen LogP contribution in [0.15, 0.2) is 58.1 Å². The number of methoxy groups -OCH3 is 5. The zero-order valence-electron chi connectivity index (χ0n) is 22.9. The molecule has 12 nitrogen and oxygen atoms in total. The molecule has 3 aromatic carbocycles. The summed E-state index contributed by atoms with van der Waals surface area (Å²) >= 11 is 3.36. The molecule has 0 unspecified atom stereocenters. The highest BCUT2D eigenvalue weighted by atomic mass is 79.9. The molecule has 0 spiro atoms. The monoisotopic (exact) mass is 629 g/mol. The first-order valence-corrected chi connectivity index (χ1v) is 12.7. The first-order valence-electron chi connectivity index (χ1n) is 11.9. The second-order valence-corrected chi connectivity index (χ2v) is 8.95. The molecule has 3 aromatic rings. The van der Waals surface area contributed by atoms with Gasteiger partial charge in [0.1, 0.15) is 5.75 Å². The zero-order chi connectivity index (χ0) is 29.9. The second kappa shape index (κ2) is 14.6. The lowest BCUT2D eigenvalue weighted by molar-refractivity contribution is -0.120. The van der Waals surface area contributed by atoms with Crippen molar-refractivity contribution in [1.82, 2.24) is 10.7 Å². The van der Waals surface area contributed by atoms with Gasteiger partial charge in [0.25, 0.3) is 11.8 Å². The average Bonchev–Trinajstić information content (AvgIpc) is 2.99. The van der Waals surface area contributed by atoms with Crippen molar-refractivity contribution in [1.29, 1.82) is 0 Å². The predicted molar refractivity (Wildman–Crippen MR) is 153 cm³/mol. The first-order chi connectivity index (χ1) is 19.7. The number of carbonyl (C=O) groups excluding carboxylic acids is 3. The summed E-state index contributed by atoms with van der Waals surface area (Å²) in [7, 11) is 7.26. The number of hydrazone groups is 1. The fraction of sp³-hybridized carbons (Fsp3) is 0.214. The predicted octanol–water partition coefficient (Wildman–Crippen LogP) is 3.59. The molecule has 0 saturated heterocycles. The Kier molecular flexibility index (Phi) is 10.9. The van der Waals surface area contributed by atoms with E-state index in [0.717, 1.165) is 0 Å². The van der Waals surface area contributed by atoms with Crippen LogP contribution in [0.5, 0.6) is 34.5 Å². The van der Waals surface area contributed by atoms with E-state index in [1.54, 1.807) is 30.3 Å². The topological polar surface area (TPSA) is 143 Å². The Morgan fingerprint density at radius 3 is 1.98 bits per heavy atom. The summed E-state index contributed by atoms with van der Waals surface area (Å²) in [4.78, 5) is 37.7. The second-order valence-electron chi connectivity index (χ2n) is 8.03. The van der Waals surface area contributed by atoms with Crippen molar-refractivity contribution in [2.45, 2.75) is 0 Å². The number of rotatable bonds is 12. The van der Waals surface area contributed by atoms with Crippen LogP contribution in [0.2, 0.25) is 0 Å². The number of hydrogen-bond donors (Lipinski definition) is 2. The minimum atomic E-state index is -0.638. The molecule has 0 bridgehead atoms. The largest absolute Gasteiger partial charge is 0.493 e. The minimum Gasteiger partial charge on any atom is -0.493 e. The van der Waals surface area contributed by atoms with Crippen LogP contribution in [0.4, 0.5) is 0 Å². The molecule has 2 N–H and O–H groups in total. The molecule has 0 atom stereocenters. The number of esters is 1. The Balaban J connectivity index is 1.64. The maximum atomic E-state index is 12.8. The number of halogens is 1. The van der Waals surface area contributed by atoms with Gasteiger partial charge in [-0.2, -0.15) is 5.10 Å². The van der Waals surface area contributed by atoms with Gasteiger partial charge in [-0.3, -0.25) is 9.59 Å². The Hall–Kier alpha value is -4.78. The fourth-order valence-corrected chi connectivity index (χ4v) is 3.90. The summed E-state index contributed by atoms with van der Waals surface area (Å²) in [6.07, 6.45) is 1.31. The van der Waals surface area contributed by atoms with E-state index in [0.29, 0.717) is 38.8 Å². The maximum absolute atomic E-state index is 12.8. The normalized spacial score (nSPS) is 10.5. The Morgan fingerprint density at radius 2 is 1.37 bits per heavy atom. The minimum absolute atomic E-state index is 0.196. The van der Waals surface area contributed by atoms with Crippen LogP contribution in [0.1, 0.15) is 26.3 Å². The highest BCUT2D eigenvalue weighted by molar-refractivity contribution is 9.10. The van der Waals surface area contributed by atoms with Crippen LogP contribution in [-0.2, 0) is 4.79 Å². The first kappa shape index (κ1) is 30.8. The van der Waals surface area contributed by atoms with Gasteiger partial charge in [0, 0.05) is 15.6 Å². The molecule has 0 aliphatic rings. The van der Waals surface area contributed by atoms with Crippen LogP contribution < -0.4 is 39.2 Å². The summed E-state index contributed by atoms with van der Waals surface area (Å²) in [5, 5.41) is 6.42. The molecular formula is C28H28BrN3O9. The summed E-state index contributed by atoms with van der Waals surface area (Å²) < 4.78 is 32.4. The van der Waals surface area contributed by atoms with Crippen LogP contribution in [0.25, 0.3) is 0 Å². The standard InChI is InChI=1S/C28H28BrN3O9/c1-36-21-8-6-16(11-22(21)37-2)28(35)41-20-9-7-19(29)10-18(20)14-31-32-25(33)15-30-27(34)17-12-23(38-3)26(40-5)24(13-17)39-4/h6-14H,15H2,1-5H3,(H,30,34)(H,32,33)/b31-14-. The quantitative estimate of drug-likeness (QED) is 0.133. The molecule has 0 aliphatic carbocycles. The molecule has 0 saturated carbocycles. The number of nitrogens with one attached hydrogen (secondary N) is 2. The third-order valence-corrected chi connectivity index (χ3v) is 6.02. The van der Waals surface area contributed by atoms with Gasteiger partial charge < -0.3 is 33.7 Å². The molecule has 0 fully saturated rings. The van der Waals surface area contributed by atoms with E-state index in [1.165, 1.54) is 60.0 Å². The number of amides is 2. The van der Waals surface area contributed by atoms with E-state index in [-0.39, 0.29) is 23.4 Å². The van der Waals surface area contributed by atoms with E-state index >= 15 is 0 Å². The van der Waals surface area contributed by atoms with Gasteiger partial charge in [-0.15, -0.1) is 0 Å². The maximum Gasteiger partial charge on any atom is 0.343 e. The van der Waals surface area contributed by atoms with Crippen molar-refractivity contribution in [2.24, 2.45) is 5.10 Å². The third-order valence-electron chi connectivity index (χ3n) is 5.52. The van der Waals surface area contributed by atoms with Gasteiger partial charge in [0.2, 0.25) is 5.75 Å². The van der Waals surface area contributed by atoms with Gasteiger partial charge >= 0.3 is 5.97 Å². The summed E-state index contributed by atoms with van der Waals surface area (Å²) in [6, 6.07) is 12.5. The summed E-state index contributed by atoms with van der Waals surface area (Å²) in [5.41, 5.74) is 3.16. The van der Waals surface area contributed by atoms with Gasteiger partial charge in [0.05, 0.1) is 53.9 Å². The van der Waals surface area contributed by atoms with Crippen LogP contribution in [0, 0.1) is 0 Å². The average molecular weight is 630 g/mol. The summed E-state index contributed by atoms with van der Waals surface area (Å²) in [6.45, 7) is -0.369. The molecule has 3 rings (SSSR count). The molecule has 0 aromatic heterocycles. The van der Waals surface area contributed by atoms with E-state index in [1.807, 2.05) is 0 Å². The lowest BCUT2D eigenvalue weighted by Crippen LogP contribution is -2.35. The van der Waals surface area contributed by atoms with Crippen molar-refractivity contribution in [3.05, 3.63) is 69.7 Å². The number of hydrogen-bond acceptors (Lipinski definition) is 10. The summed E-state index contributed by atoms with van der Waals surface area (Å²) in [5.74, 6) is 0.185. The van der Waals surface area contributed by atoms with Crippen molar-refractivity contribution in [3.63, 3.8) is 0 Å². The van der Waals surface area contributed by atoms with Gasteiger partial charge in [-0.05, 0) is 48.5 Å². The molecule has 13 heteroatoms. The van der Waals surface area contributed by atoms with E-state index < -0.39 is 17.8 Å². The van der Waals surface area contributed by atoms with Gasteiger partial charge in [0.15, 0.2) is 23.0 Å². The van der Waals surface area contributed by atoms with Crippen molar-refractivity contribution < 1.29 is 42.8 Å². The molecular weight excluding hydrogens is 602 g/mol. The molecule has 216 valence electrons. The third kappa shape index (κ3) is 7.88. The molecule has 41 heavy (non-hydrogen) atoms.